The SMILES string of the molecule is COc1ccc(S(=O)(=O)N(CC(=O)O)c2ccc(Cl)c(Cl)c2)cc1C. The third-order valence-electron chi connectivity index (χ3n) is 3.42. The largest absolute Gasteiger partial charge is 0.496 e. The predicted octanol–water partition coefficient (Wildman–Crippen LogP) is 3.59. The number of carboxylic acids is 1. The van der Waals surface area contributed by atoms with Crippen LogP contribution in [0, 0.1) is 6.92 Å². The van der Waals surface area contributed by atoms with E-state index < -0.39 is 22.5 Å². The van der Waals surface area contributed by atoms with Gasteiger partial charge in [-0.2, -0.15) is 0 Å². The van der Waals surface area contributed by atoms with Crippen molar-refractivity contribution in [2.75, 3.05) is 18.0 Å². The number of hydrogen-bond donors (Lipinski definition) is 1. The monoisotopic (exact) mass is 403 g/mol. The molecule has 0 aromatic heterocycles. The first-order valence-electron chi connectivity index (χ1n) is 7.01. The van der Waals surface area contributed by atoms with Crippen LogP contribution < -0.4 is 9.04 Å². The van der Waals surface area contributed by atoms with Crippen LogP contribution in [0.5, 0.6) is 5.75 Å². The molecule has 0 bridgehead atoms. The van der Waals surface area contributed by atoms with E-state index in [1.54, 1.807) is 6.92 Å². The lowest BCUT2D eigenvalue weighted by Crippen LogP contribution is -2.35. The van der Waals surface area contributed by atoms with E-state index in [1.807, 2.05) is 0 Å². The Morgan fingerprint density at radius 3 is 2.36 bits per heavy atom. The number of rotatable bonds is 6. The van der Waals surface area contributed by atoms with Gasteiger partial charge in [-0.25, -0.2) is 8.42 Å². The van der Waals surface area contributed by atoms with Crippen molar-refractivity contribution in [3.8, 4) is 5.75 Å². The normalized spacial score (nSPS) is 11.2. The van der Waals surface area contributed by atoms with Gasteiger partial charge in [0.25, 0.3) is 10.0 Å². The fourth-order valence-electron chi connectivity index (χ4n) is 2.22. The highest BCUT2D eigenvalue weighted by Gasteiger charge is 2.28. The number of ether oxygens (including phenoxy) is 1. The van der Waals surface area contributed by atoms with Crippen LogP contribution in [0.3, 0.4) is 0 Å². The zero-order valence-electron chi connectivity index (χ0n) is 13.4. The Morgan fingerprint density at radius 2 is 1.84 bits per heavy atom. The lowest BCUT2D eigenvalue weighted by Gasteiger charge is -2.23. The van der Waals surface area contributed by atoms with Crippen LogP contribution in [0.2, 0.25) is 10.0 Å². The van der Waals surface area contributed by atoms with E-state index >= 15 is 0 Å². The van der Waals surface area contributed by atoms with Gasteiger partial charge in [0.05, 0.1) is 27.7 Å². The van der Waals surface area contributed by atoms with Gasteiger partial charge in [0, 0.05) is 0 Å². The van der Waals surface area contributed by atoms with Crippen LogP contribution >= 0.6 is 23.2 Å². The van der Waals surface area contributed by atoms with Crippen molar-refractivity contribution in [3.63, 3.8) is 0 Å². The van der Waals surface area contributed by atoms with Crippen molar-refractivity contribution in [2.24, 2.45) is 0 Å². The van der Waals surface area contributed by atoms with Gasteiger partial charge in [0.1, 0.15) is 12.3 Å². The van der Waals surface area contributed by atoms with E-state index in [-0.39, 0.29) is 20.6 Å². The summed E-state index contributed by atoms with van der Waals surface area (Å²) in [7, 11) is -2.66. The Hall–Kier alpha value is -1.96. The van der Waals surface area contributed by atoms with E-state index in [2.05, 4.69) is 0 Å². The molecule has 0 amide bonds. The summed E-state index contributed by atoms with van der Waals surface area (Å²) in [5, 5.41) is 9.49. The molecule has 25 heavy (non-hydrogen) atoms. The molecule has 0 saturated carbocycles. The minimum absolute atomic E-state index is 0.0573. The number of anilines is 1. The summed E-state index contributed by atoms with van der Waals surface area (Å²) < 4.78 is 31.8. The molecule has 0 atom stereocenters. The number of carbonyl (C=O) groups is 1. The van der Waals surface area contributed by atoms with Crippen LogP contribution in [-0.4, -0.2) is 33.1 Å². The van der Waals surface area contributed by atoms with Crippen LogP contribution in [0.4, 0.5) is 5.69 Å². The fraction of sp³-hybridized carbons (Fsp3) is 0.188. The van der Waals surface area contributed by atoms with Crippen LogP contribution in [-0.2, 0) is 14.8 Å². The Kier molecular flexibility index (Phi) is 5.82. The average Bonchev–Trinajstić information content (AvgIpc) is 2.55. The highest BCUT2D eigenvalue weighted by molar-refractivity contribution is 7.92. The van der Waals surface area contributed by atoms with E-state index in [0.29, 0.717) is 11.3 Å². The Balaban J connectivity index is 2.57. The van der Waals surface area contributed by atoms with Crippen molar-refractivity contribution in [1.82, 2.24) is 0 Å². The first kappa shape index (κ1) is 19.4. The number of aryl methyl sites for hydroxylation is 1. The van der Waals surface area contributed by atoms with Gasteiger partial charge in [0.15, 0.2) is 0 Å². The fourth-order valence-corrected chi connectivity index (χ4v) is 4.00. The zero-order chi connectivity index (χ0) is 18.8. The standard InChI is InChI=1S/C16H15Cl2NO5S/c1-10-7-12(4-6-15(10)24-2)25(22,23)19(9-16(20)21)11-3-5-13(17)14(18)8-11/h3-8H,9H2,1-2H3,(H,20,21). The van der Waals surface area contributed by atoms with Crippen LogP contribution in [0.15, 0.2) is 41.3 Å². The molecule has 0 spiro atoms. The number of aliphatic carboxylic acids is 1. The molecule has 2 aromatic carbocycles. The average molecular weight is 404 g/mol. The number of methoxy groups -OCH3 is 1. The molecular formula is C16H15Cl2NO5S. The van der Waals surface area contributed by atoms with Gasteiger partial charge in [-0.15, -0.1) is 0 Å². The lowest BCUT2D eigenvalue weighted by atomic mass is 10.2. The van der Waals surface area contributed by atoms with E-state index in [0.717, 1.165) is 4.31 Å². The maximum absolute atomic E-state index is 13.0. The molecule has 0 fully saturated rings. The van der Waals surface area contributed by atoms with Crippen molar-refractivity contribution < 1.29 is 23.1 Å². The van der Waals surface area contributed by atoms with Gasteiger partial charge in [0.2, 0.25) is 0 Å². The minimum atomic E-state index is -4.13. The Morgan fingerprint density at radius 1 is 1.16 bits per heavy atom. The summed E-state index contributed by atoms with van der Waals surface area (Å²) in [6, 6.07) is 8.39. The first-order valence-corrected chi connectivity index (χ1v) is 9.20. The summed E-state index contributed by atoms with van der Waals surface area (Å²) >= 11 is 11.8. The highest BCUT2D eigenvalue weighted by Crippen LogP contribution is 2.31. The number of nitrogens with zero attached hydrogens (tertiary/aromatic N) is 1. The van der Waals surface area contributed by atoms with Gasteiger partial charge >= 0.3 is 5.97 Å². The van der Waals surface area contributed by atoms with Gasteiger partial charge in [-0.3, -0.25) is 9.10 Å². The molecule has 0 radical (unpaired) electrons. The van der Waals surface area contributed by atoms with Gasteiger partial charge < -0.3 is 9.84 Å². The lowest BCUT2D eigenvalue weighted by molar-refractivity contribution is -0.135. The highest BCUT2D eigenvalue weighted by atomic mass is 35.5. The molecule has 2 rings (SSSR count). The molecular weight excluding hydrogens is 389 g/mol. The third kappa shape index (κ3) is 4.18. The molecule has 9 heteroatoms. The molecule has 0 unspecified atom stereocenters. The van der Waals surface area contributed by atoms with Gasteiger partial charge in [-0.1, -0.05) is 23.2 Å². The number of hydrogen-bond acceptors (Lipinski definition) is 4. The first-order chi connectivity index (χ1) is 11.7. The predicted molar refractivity (Wildman–Crippen MR) is 96.4 cm³/mol. The van der Waals surface area contributed by atoms with Gasteiger partial charge in [-0.05, 0) is 48.9 Å². The van der Waals surface area contributed by atoms with E-state index in [9.17, 15) is 13.2 Å². The topological polar surface area (TPSA) is 83.9 Å². The Labute approximate surface area is 155 Å². The number of benzene rings is 2. The van der Waals surface area contributed by atoms with Crippen molar-refractivity contribution >= 4 is 44.9 Å². The van der Waals surface area contributed by atoms with E-state index in [1.165, 1.54) is 43.5 Å². The summed E-state index contributed by atoms with van der Waals surface area (Å²) in [6.07, 6.45) is 0. The smallest absolute Gasteiger partial charge is 0.324 e. The molecule has 1 N–H and O–H groups in total. The molecule has 0 aliphatic heterocycles. The zero-order valence-corrected chi connectivity index (χ0v) is 15.7. The maximum atomic E-state index is 13.0. The molecule has 0 aliphatic rings. The van der Waals surface area contributed by atoms with Crippen molar-refractivity contribution in [1.29, 1.82) is 0 Å². The molecule has 0 saturated heterocycles. The maximum Gasteiger partial charge on any atom is 0.324 e. The minimum Gasteiger partial charge on any atom is -0.496 e. The van der Waals surface area contributed by atoms with Crippen LogP contribution in [0.25, 0.3) is 0 Å². The molecule has 0 heterocycles. The number of sulfonamides is 1. The summed E-state index contributed by atoms with van der Waals surface area (Å²) in [5.41, 5.74) is 0.707. The van der Waals surface area contributed by atoms with Crippen LogP contribution in [0.1, 0.15) is 5.56 Å². The van der Waals surface area contributed by atoms with E-state index in [4.69, 9.17) is 33.0 Å². The second-order valence-corrected chi connectivity index (χ2v) is 7.81. The quantitative estimate of drug-likeness (QED) is 0.796. The third-order valence-corrected chi connectivity index (χ3v) is 5.93. The number of carboxylic acid groups (broad SMARTS) is 1. The second kappa shape index (κ2) is 7.51. The molecule has 134 valence electrons. The summed E-state index contributed by atoms with van der Waals surface area (Å²) in [4.78, 5) is 11.1. The van der Waals surface area contributed by atoms with Crippen molar-refractivity contribution in [3.05, 3.63) is 52.0 Å². The number of halogens is 2. The Bertz CT molecular complexity index is 915. The summed E-state index contributed by atoms with van der Waals surface area (Å²) in [5.74, 6) is -0.779. The molecule has 6 nitrogen and oxygen atoms in total. The summed E-state index contributed by atoms with van der Waals surface area (Å²) in [6.45, 7) is 0.934. The molecule has 2 aromatic rings. The van der Waals surface area contributed by atoms with Crippen molar-refractivity contribution in [2.45, 2.75) is 11.8 Å². The molecule has 0 aliphatic carbocycles. The second-order valence-electron chi connectivity index (χ2n) is 5.14.